The summed E-state index contributed by atoms with van der Waals surface area (Å²) in [5, 5.41) is 18.1. The third-order valence-corrected chi connectivity index (χ3v) is 3.30. The normalized spacial score (nSPS) is 11.2. The Hall–Kier alpha value is 0.640. The maximum absolute atomic E-state index is 10.7. The van der Waals surface area contributed by atoms with Gasteiger partial charge in [0.05, 0.1) is 4.90 Å². The molecule has 0 radical (unpaired) electrons. The predicted molar refractivity (Wildman–Crippen MR) is 63.7 cm³/mol. The van der Waals surface area contributed by atoms with Crippen LogP contribution in [0.25, 0.3) is 0 Å². The van der Waals surface area contributed by atoms with E-state index in [0.29, 0.717) is 12.1 Å². The van der Waals surface area contributed by atoms with E-state index in [0.717, 1.165) is 0 Å². The van der Waals surface area contributed by atoms with Crippen LogP contribution in [0.3, 0.4) is 0 Å². The van der Waals surface area contributed by atoms with E-state index >= 15 is 0 Å². The summed E-state index contributed by atoms with van der Waals surface area (Å²) >= 11 is 0. The van der Waals surface area contributed by atoms with E-state index in [9.17, 15) is 16.8 Å². The Morgan fingerprint density at radius 1 is 0.833 bits per heavy atom. The standard InChI is InChI=1S/C6H6O8S2.2Na.2H/c7-4-1-3(15(9,10)11)2-5(6(4)8)16(12,13)14;;;;/h1-2,7-8H,(H,9,10,11)(H,12,13,14);;;;. The molecule has 0 aliphatic rings. The molecule has 0 atom stereocenters. The second-order valence-electron chi connectivity index (χ2n) is 2.74. The van der Waals surface area contributed by atoms with Crippen molar-refractivity contribution in [2.75, 3.05) is 0 Å². The SMILES string of the molecule is O=S(=O)(O)c1cc(O)c(O)c(S(=O)(=O)O)c1.[NaH].[NaH]. The Bertz CT molecular complexity index is 636. The van der Waals surface area contributed by atoms with Crippen LogP contribution in [-0.2, 0) is 20.2 Å². The average molecular weight is 318 g/mol. The zero-order valence-electron chi connectivity index (χ0n) is 7.39. The molecule has 0 amide bonds. The van der Waals surface area contributed by atoms with Gasteiger partial charge in [0.15, 0.2) is 11.5 Å². The number of phenols is 2. The molecule has 0 bridgehead atoms. The van der Waals surface area contributed by atoms with E-state index in [1.165, 1.54) is 0 Å². The molecule has 0 aromatic heterocycles. The first-order valence-corrected chi connectivity index (χ1v) is 6.42. The fourth-order valence-corrected chi connectivity index (χ4v) is 2.14. The molecule has 0 saturated heterocycles. The molecule has 94 valence electrons. The van der Waals surface area contributed by atoms with Gasteiger partial charge in [0.1, 0.15) is 4.90 Å². The van der Waals surface area contributed by atoms with Crippen LogP contribution >= 0.6 is 0 Å². The fourth-order valence-electron chi connectivity index (χ4n) is 0.914. The molecule has 0 saturated carbocycles. The summed E-state index contributed by atoms with van der Waals surface area (Å²) < 4.78 is 59.9. The van der Waals surface area contributed by atoms with Crippen LogP contribution in [-0.4, -0.2) is 95.3 Å². The van der Waals surface area contributed by atoms with E-state index in [1.807, 2.05) is 0 Å². The van der Waals surface area contributed by atoms with Gasteiger partial charge in [0.2, 0.25) is 0 Å². The second-order valence-corrected chi connectivity index (χ2v) is 5.55. The third-order valence-electron chi connectivity index (χ3n) is 1.60. The van der Waals surface area contributed by atoms with Crippen molar-refractivity contribution < 1.29 is 36.2 Å². The van der Waals surface area contributed by atoms with Crippen molar-refractivity contribution >= 4 is 79.4 Å². The summed E-state index contributed by atoms with van der Waals surface area (Å²) in [4.78, 5) is -2.20. The van der Waals surface area contributed by atoms with Gasteiger partial charge in [-0.1, -0.05) is 0 Å². The Kier molecular flexibility index (Phi) is 8.01. The third kappa shape index (κ3) is 4.96. The van der Waals surface area contributed by atoms with Gasteiger partial charge in [-0.25, -0.2) is 0 Å². The van der Waals surface area contributed by atoms with Gasteiger partial charge in [0.25, 0.3) is 20.2 Å². The van der Waals surface area contributed by atoms with Gasteiger partial charge >= 0.3 is 59.1 Å². The molecular weight excluding hydrogens is 310 g/mol. The molecule has 0 fully saturated rings. The molecule has 1 rings (SSSR count). The van der Waals surface area contributed by atoms with Gasteiger partial charge < -0.3 is 10.2 Å². The summed E-state index contributed by atoms with van der Waals surface area (Å²) in [6.45, 7) is 0. The quantitative estimate of drug-likeness (QED) is 0.286. The summed E-state index contributed by atoms with van der Waals surface area (Å²) in [5.41, 5.74) is 0. The van der Waals surface area contributed by atoms with Crippen LogP contribution in [0.4, 0.5) is 0 Å². The van der Waals surface area contributed by atoms with Gasteiger partial charge in [-0.15, -0.1) is 0 Å². The van der Waals surface area contributed by atoms with Crippen LogP contribution in [0.2, 0.25) is 0 Å². The van der Waals surface area contributed by atoms with Crippen LogP contribution in [0.15, 0.2) is 21.9 Å². The van der Waals surface area contributed by atoms with Gasteiger partial charge in [-0.3, -0.25) is 9.11 Å². The fraction of sp³-hybridized carbons (Fsp3) is 0. The summed E-state index contributed by atoms with van der Waals surface area (Å²) in [5.74, 6) is -2.32. The van der Waals surface area contributed by atoms with Crippen molar-refractivity contribution in [3.05, 3.63) is 12.1 Å². The molecule has 0 aliphatic heterocycles. The van der Waals surface area contributed by atoms with Crippen LogP contribution in [0, 0.1) is 0 Å². The Labute approximate surface area is 147 Å². The number of hydrogen-bond acceptors (Lipinski definition) is 6. The van der Waals surface area contributed by atoms with Crippen molar-refractivity contribution in [3.63, 3.8) is 0 Å². The van der Waals surface area contributed by atoms with E-state index < -0.39 is 41.5 Å². The first-order valence-electron chi connectivity index (χ1n) is 3.54. The number of benzene rings is 1. The molecule has 12 heteroatoms. The molecule has 1 aromatic carbocycles. The maximum atomic E-state index is 10.7. The number of aromatic hydroxyl groups is 2. The Balaban J connectivity index is 0. The van der Waals surface area contributed by atoms with Crippen molar-refractivity contribution in [1.29, 1.82) is 0 Å². The van der Waals surface area contributed by atoms with Gasteiger partial charge in [-0.05, 0) is 6.07 Å². The number of hydrogen-bond donors (Lipinski definition) is 4. The molecule has 4 N–H and O–H groups in total. The zero-order valence-corrected chi connectivity index (χ0v) is 9.03. The molecule has 0 spiro atoms. The van der Waals surface area contributed by atoms with Gasteiger partial charge in [-0.2, -0.15) is 16.8 Å². The van der Waals surface area contributed by atoms with E-state index in [1.54, 1.807) is 0 Å². The monoisotopic (exact) mass is 318 g/mol. The molecule has 18 heavy (non-hydrogen) atoms. The minimum absolute atomic E-state index is 0. The Morgan fingerprint density at radius 2 is 1.28 bits per heavy atom. The minimum atomic E-state index is -4.92. The van der Waals surface area contributed by atoms with Crippen molar-refractivity contribution in [2.24, 2.45) is 0 Å². The average Bonchev–Trinajstić information content (AvgIpc) is 2.05. The summed E-state index contributed by atoms with van der Waals surface area (Å²) in [6.07, 6.45) is 0. The van der Waals surface area contributed by atoms with Crippen LogP contribution < -0.4 is 0 Å². The predicted octanol–water partition coefficient (Wildman–Crippen LogP) is -1.71. The van der Waals surface area contributed by atoms with Crippen molar-refractivity contribution in [2.45, 2.75) is 9.79 Å². The van der Waals surface area contributed by atoms with E-state index in [4.69, 9.17) is 19.3 Å². The molecular formula is C6H8Na2O8S2. The molecule has 0 heterocycles. The molecule has 0 unspecified atom stereocenters. The zero-order chi connectivity index (χ0) is 12.7. The second kappa shape index (κ2) is 6.88. The summed E-state index contributed by atoms with van der Waals surface area (Å²) in [7, 11) is -9.70. The van der Waals surface area contributed by atoms with Crippen LogP contribution in [0.5, 0.6) is 11.5 Å². The number of rotatable bonds is 2. The van der Waals surface area contributed by atoms with Gasteiger partial charge in [0, 0.05) is 6.07 Å². The van der Waals surface area contributed by atoms with E-state index in [2.05, 4.69) is 0 Å². The van der Waals surface area contributed by atoms with E-state index in [-0.39, 0.29) is 59.1 Å². The summed E-state index contributed by atoms with van der Waals surface area (Å²) in [6, 6.07) is 0.735. The molecule has 8 nitrogen and oxygen atoms in total. The first-order chi connectivity index (χ1) is 7.03. The molecule has 0 aliphatic carbocycles. The molecule has 1 aromatic rings. The number of phenolic OH excluding ortho intramolecular Hbond substituents is 2. The topological polar surface area (TPSA) is 149 Å². The van der Waals surface area contributed by atoms with Crippen LogP contribution in [0.1, 0.15) is 0 Å². The first kappa shape index (κ1) is 20.9. The van der Waals surface area contributed by atoms with Crippen molar-refractivity contribution in [1.82, 2.24) is 0 Å². The van der Waals surface area contributed by atoms with Crippen molar-refractivity contribution in [3.8, 4) is 11.5 Å². The Morgan fingerprint density at radius 3 is 1.61 bits per heavy atom.